The number of carbonyl (C=O) groups excluding carboxylic acids is 1. The van der Waals surface area contributed by atoms with Crippen molar-refractivity contribution in [3.8, 4) is 0 Å². The molecule has 0 saturated carbocycles. The lowest BCUT2D eigenvalue weighted by Gasteiger charge is -2.20. The Bertz CT molecular complexity index is 762. The van der Waals surface area contributed by atoms with Crippen molar-refractivity contribution in [3.05, 3.63) is 0 Å². The van der Waals surface area contributed by atoms with E-state index in [0.717, 1.165) is 0 Å². The topological polar surface area (TPSA) is 126 Å². The lowest BCUT2D eigenvalue weighted by Crippen LogP contribution is -2.09. The zero-order chi connectivity index (χ0) is 19.6. The fraction of sp³-hybridized carbons (Fsp3) is 0.800. The quantitative estimate of drug-likeness (QED) is 0.280. The van der Waals surface area contributed by atoms with E-state index in [1.54, 1.807) is 0 Å². The molecule has 0 aliphatic carbocycles. The van der Waals surface area contributed by atoms with Crippen LogP contribution in [0.3, 0.4) is 0 Å². The number of carbonyl (C=O) groups is 1. The van der Waals surface area contributed by atoms with E-state index in [2.05, 4.69) is 31.6 Å². The lowest BCUT2D eigenvalue weighted by molar-refractivity contribution is 0.360. The van der Waals surface area contributed by atoms with E-state index >= 15 is 0 Å². The van der Waals surface area contributed by atoms with Gasteiger partial charge in [0.15, 0.2) is 0 Å². The zero-order valence-corrected chi connectivity index (χ0v) is 17.3. The summed E-state index contributed by atoms with van der Waals surface area (Å²) in [6.07, 6.45) is -1.63. The summed E-state index contributed by atoms with van der Waals surface area (Å²) < 4.78 is 96.6. The summed E-state index contributed by atoms with van der Waals surface area (Å²) in [6.45, 7) is 0. The van der Waals surface area contributed by atoms with Crippen LogP contribution in [0.1, 0.15) is 0 Å². The summed E-state index contributed by atoms with van der Waals surface area (Å²) in [4.78, 5) is 12.2. The predicted octanol–water partition coefficient (Wildman–Crippen LogP) is 6.15. The summed E-state index contributed by atoms with van der Waals surface area (Å²) in [5.41, 5.74) is 0. The minimum absolute atomic E-state index is 0.607. The third kappa shape index (κ3) is 5.98. The van der Waals surface area contributed by atoms with Crippen molar-refractivity contribution < 1.29 is 44.5 Å². The number of nitrogens with one attached hydrogen (secondary N) is 1. The van der Waals surface area contributed by atoms with Crippen LogP contribution in [0.25, 0.3) is 0 Å². The molecular weight excluding hydrogens is 460 g/mol. The van der Waals surface area contributed by atoms with E-state index in [1.165, 1.54) is 4.86 Å². The average Bonchev–Trinajstić information content (AvgIpc) is 2.53. The van der Waals surface area contributed by atoms with Gasteiger partial charge in [0.1, 0.15) is 6.35 Å². The van der Waals surface area contributed by atoms with Gasteiger partial charge in [-0.2, -0.15) is 21.3 Å². The fourth-order valence-electron chi connectivity index (χ4n) is 1.24. The molecule has 0 aromatic carbocycles. The Hall–Kier alpha value is 0.470. The van der Waals surface area contributed by atoms with Gasteiger partial charge in [-0.05, 0) is 4.20 Å². The third-order valence-electron chi connectivity index (χ3n) is 2.25. The summed E-state index contributed by atoms with van der Waals surface area (Å²) in [7, 11) is -24.2. The highest BCUT2D eigenvalue weighted by Crippen LogP contribution is 2.81. The molecule has 0 bridgehead atoms. The van der Waals surface area contributed by atoms with Crippen LogP contribution in [0, 0.1) is 0 Å². The molecule has 5 atom stereocenters. The molecule has 0 spiro atoms. The molecular formula is C5H14F5N5O5P5+. The maximum atomic E-state index is 14.6. The Morgan fingerprint density at radius 2 is 1.44 bits per heavy atom. The number of nitrogens with zero attached hydrogens (tertiary/aromatic N) is 4. The highest BCUT2D eigenvalue weighted by molar-refractivity contribution is 7.92. The number of aliphatic hydroxyl groups is 1. The Labute approximate surface area is 140 Å². The molecule has 0 aromatic heterocycles. The number of hydrogen-bond donors (Lipinski definition) is 2. The standard InChI is InChI=1S/C5H14F5N5O5P5/c1-18-23(8)12-21(6,4-16)11-22(7,5-17)13-24(9,19-2)15-25(10,14-23)20-3/h4,11,17H,5H2,1-3H3/q+1. The van der Waals surface area contributed by atoms with Gasteiger partial charge in [0.2, 0.25) is 0 Å². The molecule has 5 unspecified atom stereocenters. The zero-order valence-electron chi connectivity index (χ0n) is 12.8. The van der Waals surface area contributed by atoms with Gasteiger partial charge in [-0.3, -0.25) is 0 Å². The molecule has 1 heterocycles. The normalized spacial score (nSPS) is 45.3. The van der Waals surface area contributed by atoms with Crippen molar-refractivity contribution >= 4 is 44.6 Å². The van der Waals surface area contributed by atoms with Crippen LogP contribution in [0.15, 0.2) is 18.1 Å². The molecule has 10 nitrogen and oxygen atoms in total. The van der Waals surface area contributed by atoms with Gasteiger partial charge >= 0.3 is 37.1 Å². The number of hydrogen-bond acceptors (Lipinski definition) is 10. The Balaban J connectivity index is 4.04. The minimum atomic E-state index is -5.26. The van der Waals surface area contributed by atoms with Crippen LogP contribution >= 0.6 is 38.6 Å². The molecule has 148 valence electrons. The van der Waals surface area contributed by atoms with Gasteiger partial charge in [0.25, 0.3) is 7.52 Å². The first kappa shape index (κ1) is 23.5. The molecule has 1 aliphatic heterocycles. The molecule has 0 saturated heterocycles. The highest BCUT2D eigenvalue weighted by Gasteiger charge is 2.52. The molecule has 20 heteroatoms. The van der Waals surface area contributed by atoms with E-state index in [1.807, 2.05) is 0 Å². The van der Waals surface area contributed by atoms with Crippen molar-refractivity contribution in [2.75, 3.05) is 27.7 Å². The summed E-state index contributed by atoms with van der Waals surface area (Å²) in [6, 6.07) is -0.607. The SMILES string of the molecule is COP1(F)=NP(F)(OC)=NP(F)(OC)=N[P+](F)(C=O)NP(F)(CO)=N1. The van der Waals surface area contributed by atoms with Crippen LogP contribution in [-0.4, -0.2) is 38.8 Å². The van der Waals surface area contributed by atoms with Gasteiger partial charge in [-0.25, -0.2) is 4.79 Å². The van der Waals surface area contributed by atoms with E-state index in [-0.39, 0.29) is 0 Å². The van der Waals surface area contributed by atoms with Crippen LogP contribution in [0.2, 0.25) is 0 Å². The summed E-state index contributed by atoms with van der Waals surface area (Å²) >= 11 is 0. The van der Waals surface area contributed by atoms with Crippen molar-refractivity contribution in [1.29, 1.82) is 0 Å². The number of halogens is 5. The Morgan fingerprint density at radius 1 is 1.00 bits per heavy atom. The highest BCUT2D eigenvalue weighted by atomic mass is 31.3. The maximum Gasteiger partial charge on any atom is 0.468 e. The van der Waals surface area contributed by atoms with Crippen LogP contribution in [-0.2, 0) is 18.4 Å². The molecule has 25 heavy (non-hydrogen) atoms. The first-order chi connectivity index (χ1) is 11.3. The van der Waals surface area contributed by atoms with E-state index in [4.69, 9.17) is 5.11 Å². The Kier molecular flexibility index (Phi) is 7.74. The number of aliphatic hydroxyl groups excluding tert-OH is 1. The van der Waals surface area contributed by atoms with Crippen molar-refractivity contribution in [3.63, 3.8) is 0 Å². The van der Waals surface area contributed by atoms with Crippen LogP contribution < -0.4 is 4.86 Å². The fourth-order valence-corrected chi connectivity index (χ4v) is 12.8. The van der Waals surface area contributed by atoms with E-state index in [0.29, 0.717) is 21.3 Å². The second-order valence-electron chi connectivity index (χ2n) is 3.95. The molecule has 0 aromatic rings. The minimum Gasteiger partial charge on any atom is -0.386 e. The van der Waals surface area contributed by atoms with Crippen LogP contribution in [0.5, 0.6) is 0 Å². The second kappa shape index (κ2) is 8.23. The third-order valence-corrected chi connectivity index (χ3v) is 14.1. The molecule has 0 amide bonds. The number of rotatable bonds is 5. The van der Waals surface area contributed by atoms with Crippen LogP contribution in [0.4, 0.5) is 21.0 Å². The monoisotopic (exact) mass is 474 g/mol. The summed E-state index contributed by atoms with van der Waals surface area (Å²) in [5, 5.41) is 9.07. The second-order valence-corrected chi connectivity index (χ2v) is 14.6. The first-order valence-electron chi connectivity index (χ1n) is 5.79. The molecule has 2 N–H and O–H groups in total. The largest absolute Gasteiger partial charge is 0.468 e. The smallest absolute Gasteiger partial charge is 0.386 e. The molecule has 0 fully saturated rings. The van der Waals surface area contributed by atoms with E-state index in [9.17, 15) is 25.8 Å². The van der Waals surface area contributed by atoms with Crippen molar-refractivity contribution in [2.24, 2.45) is 18.1 Å². The van der Waals surface area contributed by atoms with Gasteiger partial charge in [0.05, 0.1) is 0 Å². The van der Waals surface area contributed by atoms with Gasteiger partial charge in [-0.1, -0.05) is 4.86 Å². The molecule has 1 aliphatic rings. The van der Waals surface area contributed by atoms with Gasteiger partial charge in [0, 0.05) is 25.8 Å². The van der Waals surface area contributed by atoms with Gasteiger partial charge < -0.3 is 18.7 Å². The van der Waals surface area contributed by atoms with Crippen molar-refractivity contribution in [1.82, 2.24) is 4.86 Å². The van der Waals surface area contributed by atoms with E-state index < -0.39 is 51.0 Å². The molecule has 1 rings (SSSR count). The predicted molar refractivity (Wildman–Crippen MR) is 87.9 cm³/mol. The van der Waals surface area contributed by atoms with Crippen molar-refractivity contribution in [2.45, 2.75) is 0 Å². The Morgan fingerprint density at radius 3 is 1.84 bits per heavy atom. The molecule has 0 radical (unpaired) electrons. The van der Waals surface area contributed by atoms with Gasteiger partial charge in [-0.15, -0.1) is 9.03 Å². The maximum absolute atomic E-state index is 14.6. The first-order valence-corrected chi connectivity index (χ1v) is 13.8. The average molecular weight is 474 g/mol. The lowest BCUT2D eigenvalue weighted by atomic mass is 11.7. The summed E-state index contributed by atoms with van der Waals surface area (Å²) in [5.74, 6) is 0.